The van der Waals surface area contributed by atoms with E-state index in [0.717, 1.165) is 36.0 Å². The molecule has 0 amide bonds. The van der Waals surface area contributed by atoms with Crippen LogP contribution in [-0.4, -0.2) is 34.5 Å². The summed E-state index contributed by atoms with van der Waals surface area (Å²) in [7, 11) is 0. The van der Waals surface area contributed by atoms with Crippen molar-refractivity contribution in [2.24, 2.45) is 0 Å². The number of β-amino-alcohol motifs (C(OH)–C–C–N with tert-alkyl or cyclic N) is 1. The molecule has 96 valence electrons. The molecular formula is C13H16ClN3O. The van der Waals surface area contributed by atoms with Crippen LogP contribution in [0.25, 0.3) is 10.8 Å². The van der Waals surface area contributed by atoms with Crippen molar-refractivity contribution in [3.8, 4) is 0 Å². The molecule has 4 nitrogen and oxygen atoms in total. The first-order valence-corrected chi connectivity index (χ1v) is 5.98. The first-order chi connectivity index (χ1) is 8.34. The van der Waals surface area contributed by atoms with Crippen LogP contribution in [0.1, 0.15) is 12.8 Å². The van der Waals surface area contributed by atoms with Crippen LogP contribution in [0.15, 0.2) is 30.5 Å². The van der Waals surface area contributed by atoms with E-state index in [4.69, 9.17) is 0 Å². The van der Waals surface area contributed by atoms with Crippen molar-refractivity contribution in [3.05, 3.63) is 30.5 Å². The summed E-state index contributed by atoms with van der Waals surface area (Å²) in [6, 6.07) is 8.10. The zero-order valence-electron chi connectivity index (χ0n) is 9.99. The van der Waals surface area contributed by atoms with Gasteiger partial charge in [-0.2, -0.15) is 5.10 Å². The minimum absolute atomic E-state index is 0. The summed E-state index contributed by atoms with van der Waals surface area (Å²) < 4.78 is 0. The van der Waals surface area contributed by atoms with Crippen molar-refractivity contribution < 1.29 is 5.11 Å². The van der Waals surface area contributed by atoms with Gasteiger partial charge in [-0.3, -0.25) is 0 Å². The summed E-state index contributed by atoms with van der Waals surface area (Å²) in [5.41, 5.74) is 0. The van der Waals surface area contributed by atoms with Crippen LogP contribution in [0.5, 0.6) is 0 Å². The lowest BCUT2D eigenvalue weighted by Crippen LogP contribution is -2.38. The van der Waals surface area contributed by atoms with E-state index in [1.165, 1.54) is 0 Å². The predicted molar refractivity (Wildman–Crippen MR) is 74.2 cm³/mol. The Balaban J connectivity index is 0.00000120. The molecule has 18 heavy (non-hydrogen) atoms. The molecule has 1 saturated heterocycles. The normalized spacial score (nSPS) is 19.6. The van der Waals surface area contributed by atoms with E-state index >= 15 is 0 Å². The minimum Gasteiger partial charge on any atom is -0.391 e. The number of hydrogen-bond acceptors (Lipinski definition) is 4. The molecule has 1 aliphatic heterocycles. The topological polar surface area (TPSA) is 49.2 Å². The molecule has 1 unspecified atom stereocenters. The molecule has 0 spiro atoms. The number of piperidine rings is 1. The largest absolute Gasteiger partial charge is 0.391 e. The standard InChI is InChI=1S/C13H15N3O.ClH/c17-11-5-3-7-16(9-11)13-12-6-2-1-4-10(12)8-14-15-13;/h1-2,4,6,8,11,17H,3,5,7,9H2;1H. The second-order valence-electron chi connectivity index (χ2n) is 4.50. The molecular weight excluding hydrogens is 250 g/mol. The van der Waals surface area contributed by atoms with Gasteiger partial charge in [0.25, 0.3) is 0 Å². The fraction of sp³-hybridized carbons (Fsp3) is 0.385. The van der Waals surface area contributed by atoms with Crippen LogP contribution in [0, 0.1) is 0 Å². The number of aliphatic hydroxyl groups is 1. The Kier molecular flexibility index (Phi) is 3.99. The van der Waals surface area contributed by atoms with Gasteiger partial charge in [-0.05, 0) is 12.8 Å². The molecule has 0 saturated carbocycles. The van der Waals surface area contributed by atoms with Gasteiger partial charge in [0.05, 0.1) is 12.3 Å². The highest BCUT2D eigenvalue weighted by Gasteiger charge is 2.20. The number of rotatable bonds is 1. The smallest absolute Gasteiger partial charge is 0.159 e. The third-order valence-corrected chi connectivity index (χ3v) is 3.25. The lowest BCUT2D eigenvalue weighted by molar-refractivity contribution is 0.154. The Hall–Kier alpha value is -1.39. The van der Waals surface area contributed by atoms with Crippen molar-refractivity contribution in [1.29, 1.82) is 0 Å². The van der Waals surface area contributed by atoms with Crippen molar-refractivity contribution in [2.75, 3.05) is 18.0 Å². The van der Waals surface area contributed by atoms with Crippen LogP contribution in [0.4, 0.5) is 5.82 Å². The van der Waals surface area contributed by atoms with Gasteiger partial charge in [-0.15, -0.1) is 17.5 Å². The number of hydrogen-bond donors (Lipinski definition) is 1. The highest BCUT2D eigenvalue weighted by Crippen LogP contribution is 2.25. The SMILES string of the molecule is Cl.OC1CCCN(c2nncc3ccccc23)C1. The Bertz CT molecular complexity index is 529. The third-order valence-electron chi connectivity index (χ3n) is 3.25. The van der Waals surface area contributed by atoms with Gasteiger partial charge in [-0.25, -0.2) is 0 Å². The van der Waals surface area contributed by atoms with Gasteiger partial charge in [0.1, 0.15) is 0 Å². The number of aromatic nitrogens is 2. The van der Waals surface area contributed by atoms with E-state index in [-0.39, 0.29) is 18.5 Å². The quantitative estimate of drug-likeness (QED) is 0.857. The van der Waals surface area contributed by atoms with Crippen molar-refractivity contribution in [2.45, 2.75) is 18.9 Å². The molecule has 0 bridgehead atoms. The number of halogens is 1. The van der Waals surface area contributed by atoms with Crippen LogP contribution in [0.2, 0.25) is 0 Å². The van der Waals surface area contributed by atoms with Gasteiger partial charge >= 0.3 is 0 Å². The molecule has 1 aromatic heterocycles. The average Bonchev–Trinajstić information content (AvgIpc) is 2.38. The van der Waals surface area contributed by atoms with E-state index in [1.54, 1.807) is 6.20 Å². The Morgan fingerprint density at radius 3 is 2.94 bits per heavy atom. The second-order valence-corrected chi connectivity index (χ2v) is 4.50. The number of nitrogens with zero attached hydrogens (tertiary/aromatic N) is 3. The average molecular weight is 266 g/mol. The van der Waals surface area contributed by atoms with Gasteiger partial charge in [-0.1, -0.05) is 24.3 Å². The molecule has 1 fully saturated rings. The molecule has 1 atom stereocenters. The Labute approximate surface area is 112 Å². The van der Waals surface area contributed by atoms with Crippen molar-refractivity contribution in [3.63, 3.8) is 0 Å². The Morgan fingerprint density at radius 1 is 1.28 bits per heavy atom. The molecule has 2 aromatic rings. The maximum absolute atomic E-state index is 9.72. The number of fused-ring (bicyclic) bond motifs is 1. The fourth-order valence-corrected chi connectivity index (χ4v) is 2.39. The van der Waals surface area contributed by atoms with E-state index in [0.29, 0.717) is 6.54 Å². The van der Waals surface area contributed by atoms with Crippen LogP contribution in [-0.2, 0) is 0 Å². The molecule has 2 heterocycles. The van der Waals surface area contributed by atoms with Crippen LogP contribution < -0.4 is 4.90 Å². The lowest BCUT2D eigenvalue weighted by Gasteiger charge is -2.31. The van der Waals surface area contributed by atoms with Crippen molar-refractivity contribution in [1.82, 2.24) is 10.2 Å². The maximum atomic E-state index is 9.72. The first-order valence-electron chi connectivity index (χ1n) is 5.98. The summed E-state index contributed by atoms with van der Waals surface area (Å²) in [6.45, 7) is 1.60. The number of aliphatic hydroxyl groups excluding tert-OH is 1. The molecule has 5 heteroatoms. The lowest BCUT2D eigenvalue weighted by atomic mass is 10.1. The van der Waals surface area contributed by atoms with E-state index in [9.17, 15) is 5.11 Å². The zero-order chi connectivity index (χ0) is 11.7. The Morgan fingerprint density at radius 2 is 2.11 bits per heavy atom. The summed E-state index contributed by atoms with van der Waals surface area (Å²) in [5.74, 6) is 0.891. The van der Waals surface area contributed by atoms with Gasteiger partial charge in [0.15, 0.2) is 5.82 Å². The van der Waals surface area contributed by atoms with Crippen molar-refractivity contribution >= 4 is 29.0 Å². The molecule has 1 aliphatic rings. The zero-order valence-corrected chi connectivity index (χ0v) is 10.8. The molecule has 0 aliphatic carbocycles. The van der Waals surface area contributed by atoms with E-state index in [2.05, 4.69) is 21.2 Å². The summed E-state index contributed by atoms with van der Waals surface area (Å²) >= 11 is 0. The highest BCUT2D eigenvalue weighted by molar-refractivity contribution is 5.91. The predicted octanol–water partition coefficient (Wildman–Crippen LogP) is 2.01. The van der Waals surface area contributed by atoms with E-state index < -0.39 is 0 Å². The summed E-state index contributed by atoms with van der Waals surface area (Å²) in [6.07, 6.45) is 3.42. The molecule has 1 aromatic carbocycles. The van der Waals surface area contributed by atoms with Gasteiger partial charge < -0.3 is 10.0 Å². The molecule has 3 rings (SSSR count). The number of anilines is 1. The summed E-state index contributed by atoms with van der Waals surface area (Å²) in [4.78, 5) is 2.13. The second kappa shape index (κ2) is 5.50. The summed E-state index contributed by atoms with van der Waals surface area (Å²) in [5, 5.41) is 20.2. The van der Waals surface area contributed by atoms with E-state index in [1.807, 2.05) is 18.2 Å². The monoisotopic (exact) mass is 265 g/mol. The number of benzene rings is 1. The fourth-order valence-electron chi connectivity index (χ4n) is 2.39. The highest BCUT2D eigenvalue weighted by atomic mass is 35.5. The molecule has 0 radical (unpaired) electrons. The van der Waals surface area contributed by atoms with Gasteiger partial charge in [0, 0.05) is 23.9 Å². The first kappa shape index (κ1) is 13.1. The van der Waals surface area contributed by atoms with Crippen LogP contribution >= 0.6 is 12.4 Å². The van der Waals surface area contributed by atoms with Gasteiger partial charge in [0.2, 0.25) is 0 Å². The third kappa shape index (κ3) is 2.40. The molecule has 1 N–H and O–H groups in total. The van der Waals surface area contributed by atoms with Crippen LogP contribution in [0.3, 0.4) is 0 Å². The minimum atomic E-state index is -0.246. The maximum Gasteiger partial charge on any atom is 0.159 e.